The van der Waals surface area contributed by atoms with E-state index in [4.69, 9.17) is 12.2 Å². The van der Waals surface area contributed by atoms with E-state index in [1.165, 1.54) is 11.8 Å². The van der Waals surface area contributed by atoms with E-state index in [1.54, 1.807) is 12.4 Å². The van der Waals surface area contributed by atoms with Gasteiger partial charge in [-0.15, -0.1) is 0 Å². The number of rotatable bonds is 2. The molecule has 1 N–H and O–H groups in total. The Bertz CT molecular complexity index is 298. The van der Waals surface area contributed by atoms with Gasteiger partial charge >= 0.3 is 0 Å². The molecule has 5 heteroatoms. The number of nitrogens with zero attached hydrogens (tertiary/aromatic N) is 2. The maximum atomic E-state index is 4.89. The van der Waals surface area contributed by atoms with Gasteiger partial charge in [0, 0.05) is 6.20 Å². The number of thiocarbonyl (C=S) groups is 1. The molecule has 0 unspecified atom stereocenters. The summed E-state index contributed by atoms with van der Waals surface area (Å²) in [6.45, 7) is 0. The molecule has 0 spiro atoms. The highest BCUT2D eigenvalue weighted by molar-refractivity contribution is 8.22. The summed E-state index contributed by atoms with van der Waals surface area (Å²) < 4.78 is 0.646. The number of hydrazone groups is 1. The van der Waals surface area contributed by atoms with Crippen LogP contribution in [0.15, 0.2) is 29.5 Å². The van der Waals surface area contributed by atoms with Gasteiger partial charge in [-0.3, -0.25) is 10.4 Å². The van der Waals surface area contributed by atoms with Crippen LogP contribution in [0.4, 0.5) is 0 Å². The van der Waals surface area contributed by atoms with E-state index in [0.717, 1.165) is 5.69 Å². The summed E-state index contributed by atoms with van der Waals surface area (Å²) in [6, 6.07) is 5.63. The molecular weight excluding hydrogens is 202 g/mol. The van der Waals surface area contributed by atoms with E-state index >= 15 is 0 Å². The van der Waals surface area contributed by atoms with Crippen LogP contribution in [0.1, 0.15) is 5.69 Å². The average Bonchev–Trinajstić information content (AvgIpc) is 2.19. The van der Waals surface area contributed by atoms with E-state index in [2.05, 4.69) is 15.5 Å². The number of thioether (sulfide) groups is 1. The Labute approximate surface area is 86.6 Å². The molecule has 1 heterocycles. The van der Waals surface area contributed by atoms with Crippen LogP contribution in [-0.4, -0.2) is 21.8 Å². The van der Waals surface area contributed by atoms with Crippen LogP contribution in [0.25, 0.3) is 0 Å². The van der Waals surface area contributed by atoms with Gasteiger partial charge in [-0.05, 0) is 18.4 Å². The fourth-order valence-electron chi connectivity index (χ4n) is 0.649. The van der Waals surface area contributed by atoms with Crippen molar-refractivity contribution in [2.45, 2.75) is 0 Å². The van der Waals surface area contributed by atoms with Crippen LogP contribution in [0, 0.1) is 0 Å². The summed E-state index contributed by atoms with van der Waals surface area (Å²) in [5.41, 5.74) is 3.51. The summed E-state index contributed by atoms with van der Waals surface area (Å²) >= 11 is 6.33. The third-order valence-corrected chi connectivity index (χ3v) is 2.28. The topological polar surface area (TPSA) is 37.3 Å². The predicted molar refractivity (Wildman–Crippen MR) is 61.1 cm³/mol. The third-order valence-electron chi connectivity index (χ3n) is 1.23. The molecule has 1 aromatic rings. The van der Waals surface area contributed by atoms with Gasteiger partial charge in [-0.1, -0.05) is 30.0 Å². The molecule has 0 amide bonds. The van der Waals surface area contributed by atoms with Gasteiger partial charge in [0.1, 0.15) is 0 Å². The number of hydrogen-bond acceptors (Lipinski definition) is 4. The van der Waals surface area contributed by atoms with E-state index in [0.29, 0.717) is 4.32 Å². The molecule has 0 aliphatic heterocycles. The van der Waals surface area contributed by atoms with Crippen LogP contribution in [0.3, 0.4) is 0 Å². The standard InChI is InChI=1S/C8H9N3S2/c1-13-8(12)11-10-6-7-4-2-3-5-9-7/h2-6H,1H3,(H,11,12)/b10-6+. The first-order valence-corrected chi connectivity index (χ1v) is 5.24. The Hall–Kier alpha value is -0.940. The number of pyridine rings is 1. The van der Waals surface area contributed by atoms with Crippen molar-refractivity contribution in [1.82, 2.24) is 10.4 Å². The van der Waals surface area contributed by atoms with Gasteiger partial charge < -0.3 is 0 Å². The molecule has 3 nitrogen and oxygen atoms in total. The second-order valence-electron chi connectivity index (χ2n) is 2.12. The van der Waals surface area contributed by atoms with Gasteiger partial charge in [0.15, 0.2) is 4.32 Å². The minimum Gasteiger partial charge on any atom is -0.262 e. The Morgan fingerprint density at radius 1 is 1.69 bits per heavy atom. The molecule has 0 saturated heterocycles. The average molecular weight is 211 g/mol. The van der Waals surface area contributed by atoms with E-state index < -0.39 is 0 Å². The molecule has 68 valence electrons. The fraction of sp³-hybridized carbons (Fsp3) is 0.125. The highest BCUT2D eigenvalue weighted by atomic mass is 32.2. The summed E-state index contributed by atoms with van der Waals surface area (Å²) in [5.74, 6) is 0. The van der Waals surface area contributed by atoms with Crippen LogP contribution >= 0.6 is 24.0 Å². The molecule has 0 aliphatic rings. The lowest BCUT2D eigenvalue weighted by Crippen LogP contribution is -2.10. The van der Waals surface area contributed by atoms with Crippen molar-refractivity contribution < 1.29 is 0 Å². The molecule has 0 fully saturated rings. The van der Waals surface area contributed by atoms with Gasteiger partial charge in [-0.2, -0.15) is 5.10 Å². The zero-order valence-electron chi connectivity index (χ0n) is 7.10. The van der Waals surface area contributed by atoms with Crippen molar-refractivity contribution >= 4 is 34.5 Å². The maximum Gasteiger partial charge on any atom is 0.153 e. The first-order valence-electron chi connectivity index (χ1n) is 3.61. The molecule has 0 aliphatic carbocycles. The van der Waals surface area contributed by atoms with E-state index in [-0.39, 0.29) is 0 Å². The minimum absolute atomic E-state index is 0.646. The van der Waals surface area contributed by atoms with Crippen molar-refractivity contribution in [1.29, 1.82) is 0 Å². The monoisotopic (exact) mass is 211 g/mol. The van der Waals surface area contributed by atoms with Crippen LogP contribution in [0.5, 0.6) is 0 Å². The molecular formula is C8H9N3S2. The molecule has 0 radical (unpaired) electrons. The molecule has 1 aromatic heterocycles. The Morgan fingerprint density at radius 3 is 3.15 bits per heavy atom. The highest BCUT2D eigenvalue weighted by Crippen LogP contribution is 1.93. The Morgan fingerprint density at radius 2 is 2.54 bits per heavy atom. The first kappa shape index (κ1) is 10.1. The lowest BCUT2D eigenvalue weighted by molar-refractivity contribution is 1.07. The van der Waals surface area contributed by atoms with Crippen LogP contribution in [0.2, 0.25) is 0 Å². The van der Waals surface area contributed by atoms with Crippen LogP contribution < -0.4 is 5.43 Å². The molecule has 13 heavy (non-hydrogen) atoms. The Kier molecular flexibility index (Phi) is 4.42. The lowest BCUT2D eigenvalue weighted by atomic mass is 10.4. The third kappa shape index (κ3) is 4.00. The maximum absolute atomic E-state index is 4.89. The zero-order valence-corrected chi connectivity index (χ0v) is 8.73. The Balaban J connectivity index is 2.45. The van der Waals surface area contributed by atoms with Crippen LogP contribution in [-0.2, 0) is 0 Å². The van der Waals surface area contributed by atoms with Gasteiger partial charge in [0.2, 0.25) is 0 Å². The largest absolute Gasteiger partial charge is 0.262 e. The van der Waals surface area contributed by atoms with Crippen molar-refractivity contribution in [2.75, 3.05) is 6.26 Å². The smallest absolute Gasteiger partial charge is 0.153 e. The normalized spacial score (nSPS) is 10.2. The van der Waals surface area contributed by atoms with E-state index in [1.807, 2.05) is 24.5 Å². The van der Waals surface area contributed by atoms with E-state index in [9.17, 15) is 0 Å². The molecule has 1 rings (SSSR count). The number of hydrogen-bond donors (Lipinski definition) is 1. The van der Waals surface area contributed by atoms with Gasteiger partial charge in [0.05, 0.1) is 11.9 Å². The number of nitrogens with one attached hydrogen (secondary N) is 1. The van der Waals surface area contributed by atoms with Crippen molar-refractivity contribution in [3.05, 3.63) is 30.1 Å². The van der Waals surface area contributed by atoms with Crippen molar-refractivity contribution in [2.24, 2.45) is 5.10 Å². The van der Waals surface area contributed by atoms with Crippen molar-refractivity contribution in [3.8, 4) is 0 Å². The first-order chi connectivity index (χ1) is 6.33. The number of aromatic nitrogens is 1. The fourth-order valence-corrected chi connectivity index (χ4v) is 0.846. The molecule has 0 aromatic carbocycles. The SMILES string of the molecule is CSC(=S)N/N=C/c1ccccn1. The summed E-state index contributed by atoms with van der Waals surface area (Å²) in [6.07, 6.45) is 5.24. The molecule has 0 bridgehead atoms. The molecule has 0 atom stereocenters. The minimum atomic E-state index is 0.646. The van der Waals surface area contributed by atoms with Crippen molar-refractivity contribution in [3.63, 3.8) is 0 Å². The second-order valence-corrected chi connectivity index (χ2v) is 3.60. The second kappa shape index (κ2) is 5.66. The summed E-state index contributed by atoms with van der Waals surface area (Å²) in [7, 11) is 0. The lowest BCUT2D eigenvalue weighted by Gasteiger charge is -1.95. The summed E-state index contributed by atoms with van der Waals surface area (Å²) in [5, 5.41) is 3.91. The quantitative estimate of drug-likeness (QED) is 0.458. The molecule has 0 saturated carbocycles. The predicted octanol–water partition coefficient (Wildman–Crippen LogP) is 1.65. The zero-order chi connectivity index (χ0) is 9.52. The summed E-state index contributed by atoms with van der Waals surface area (Å²) in [4.78, 5) is 4.06. The van der Waals surface area contributed by atoms with Gasteiger partial charge in [-0.25, -0.2) is 0 Å². The van der Waals surface area contributed by atoms with Gasteiger partial charge in [0.25, 0.3) is 0 Å². The highest BCUT2D eigenvalue weighted by Gasteiger charge is 1.87.